The lowest BCUT2D eigenvalue weighted by molar-refractivity contribution is 0.0843. The first-order valence-electron chi connectivity index (χ1n) is 7.64. The van der Waals surface area contributed by atoms with Crippen molar-refractivity contribution in [3.05, 3.63) is 24.3 Å². The third kappa shape index (κ3) is 4.12. The second kappa shape index (κ2) is 7.50. The van der Waals surface area contributed by atoms with Crippen molar-refractivity contribution >= 4 is 5.69 Å². The molecule has 1 aliphatic rings. The Morgan fingerprint density at radius 1 is 1.30 bits per heavy atom. The van der Waals surface area contributed by atoms with Gasteiger partial charge in [-0.2, -0.15) is 0 Å². The van der Waals surface area contributed by atoms with Crippen LogP contribution in [0.4, 0.5) is 5.69 Å². The molecule has 1 aromatic rings. The second-order valence-corrected chi connectivity index (χ2v) is 5.52. The topological polar surface area (TPSA) is 41.7 Å². The fourth-order valence-electron chi connectivity index (χ4n) is 2.83. The summed E-state index contributed by atoms with van der Waals surface area (Å²) in [6.45, 7) is 11.1. The van der Waals surface area contributed by atoms with Crippen LogP contribution in [0, 0.1) is 0 Å². The number of benzene rings is 1. The lowest BCUT2D eigenvalue weighted by Gasteiger charge is -2.39. The molecule has 1 saturated heterocycles. The predicted molar refractivity (Wildman–Crippen MR) is 84.1 cm³/mol. The molecular formula is C16H27N3O. The zero-order valence-corrected chi connectivity index (χ0v) is 12.7. The summed E-state index contributed by atoms with van der Waals surface area (Å²) in [6.07, 6.45) is 1.05. The lowest BCUT2D eigenvalue weighted by atomic mass is 10.2. The molecule has 0 spiro atoms. The molecule has 0 saturated carbocycles. The van der Waals surface area contributed by atoms with Gasteiger partial charge in [0.1, 0.15) is 5.75 Å². The lowest BCUT2D eigenvalue weighted by Crippen LogP contribution is -2.51. The molecule has 1 heterocycles. The molecule has 0 amide bonds. The molecule has 1 atom stereocenters. The van der Waals surface area contributed by atoms with Gasteiger partial charge in [-0.3, -0.25) is 4.90 Å². The molecule has 0 bridgehead atoms. The summed E-state index contributed by atoms with van der Waals surface area (Å²) >= 11 is 0. The molecule has 4 heteroatoms. The number of piperazine rings is 1. The summed E-state index contributed by atoms with van der Waals surface area (Å²) in [4.78, 5) is 5.08. The van der Waals surface area contributed by atoms with Crippen molar-refractivity contribution in [1.29, 1.82) is 0 Å². The third-order valence-electron chi connectivity index (χ3n) is 4.05. The van der Waals surface area contributed by atoms with Crippen LogP contribution < -0.4 is 10.5 Å². The first-order chi connectivity index (χ1) is 9.70. The fraction of sp³-hybridized carbons (Fsp3) is 0.625. The highest BCUT2D eigenvalue weighted by atomic mass is 16.5. The Bertz CT molecular complexity index is 410. The maximum Gasteiger partial charge on any atom is 0.142 e. The van der Waals surface area contributed by atoms with E-state index in [0.29, 0.717) is 6.04 Å². The van der Waals surface area contributed by atoms with Crippen molar-refractivity contribution in [2.75, 3.05) is 45.1 Å². The molecule has 0 radical (unpaired) electrons. The maximum atomic E-state index is 5.85. The van der Waals surface area contributed by atoms with Gasteiger partial charge in [0, 0.05) is 32.2 Å². The van der Waals surface area contributed by atoms with Gasteiger partial charge in [-0.25, -0.2) is 0 Å². The van der Waals surface area contributed by atoms with Crippen LogP contribution in [0.2, 0.25) is 0 Å². The van der Waals surface area contributed by atoms with E-state index in [-0.39, 0.29) is 0 Å². The first kappa shape index (κ1) is 15.1. The molecular weight excluding hydrogens is 250 g/mol. The van der Waals surface area contributed by atoms with Gasteiger partial charge in [0.25, 0.3) is 0 Å². The van der Waals surface area contributed by atoms with Crippen molar-refractivity contribution in [3.8, 4) is 5.75 Å². The van der Waals surface area contributed by atoms with Crippen LogP contribution in [0.25, 0.3) is 0 Å². The molecule has 20 heavy (non-hydrogen) atoms. The fourth-order valence-corrected chi connectivity index (χ4v) is 2.83. The van der Waals surface area contributed by atoms with Gasteiger partial charge in [-0.05, 0) is 32.0 Å². The molecule has 2 rings (SSSR count). The minimum absolute atomic E-state index is 0.666. The van der Waals surface area contributed by atoms with E-state index in [0.717, 1.165) is 37.6 Å². The highest BCUT2D eigenvalue weighted by molar-refractivity contribution is 5.51. The normalized spacial score (nSPS) is 21.0. The van der Waals surface area contributed by atoms with Crippen LogP contribution in [0.5, 0.6) is 5.75 Å². The number of rotatable bonds is 6. The average Bonchev–Trinajstić information content (AvgIpc) is 2.45. The van der Waals surface area contributed by atoms with E-state index in [4.69, 9.17) is 10.5 Å². The quantitative estimate of drug-likeness (QED) is 0.638. The number of nitrogens with two attached hydrogens (primary N) is 1. The minimum atomic E-state index is 0.666. The first-order valence-corrected chi connectivity index (χ1v) is 7.64. The number of hydrogen-bond acceptors (Lipinski definition) is 4. The molecule has 1 fully saturated rings. The van der Waals surface area contributed by atoms with Crippen LogP contribution in [-0.2, 0) is 0 Å². The molecule has 0 aromatic heterocycles. The number of hydrogen-bond donors (Lipinski definition) is 1. The zero-order valence-electron chi connectivity index (χ0n) is 12.7. The molecule has 1 aromatic carbocycles. The molecule has 1 aliphatic heterocycles. The Morgan fingerprint density at radius 2 is 2.10 bits per heavy atom. The molecule has 112 valence electrons. The van der Waals surface area contributed by atoms with Gasteiger partial charge in [-0.1, -0.05) is 19.1 Å². The van der Waals surface area contributed by atoms with E-state index in [2.05, 4.69) is 23.6 Å². The highest BCUT2D eigenvalue weighted by Crippen LogP contribution is 2.19. The monoisotopic (exact) mass is 277 g/mol. The Hall–Kier alpha value is -1.26. The molecule has 1 unspecified atom stereocenters. The molecule has 0 aliphatic carbocycles. The number of anilines is 1. The zero-order chi connectivity index (χ0) is 14.4. The van der Waals surface area contributed by atoms with Crippen LogP contribution in [0.3, 0.4) is 0 Å². The average molecular weight is 277 g/mol. The third-order valence-corrected chi connectivity index (χ3v) is 4.05. The molecule has 2 N–H and O–H groups in total. The number of para-hydroxylation sites is 2. The van der Waals surface area contributed by atoms with E-state index in [1.165, 1.54) is 19.6 Å². The summed E-state index contributed by atoms with van der Waals surface area (Å²) in [5.74, 6) is 0.802. The van der Waals surface area contributed by atoms with Crippen molar-refractivity contribution in [2.24, 2.45) is 0 Å². The van der Waals surface area contributed by atoms with Crippen LogP contribution in [0.1, 0.15) is 20.3 Å². The minimum Gasteiger partial charge on any atom is -0.491 e. The summed E-state index contributed by atoms with van der Waals surface area (Å²) in [5, 5.41) is 0. The van der Waals surface area contributed by atoms with E-state index in [1.807, 2.05) is 24.3 Å². The van der Waals surface area contributed by atoms with Gasteiger partial charge in [0.15, 0.2) is 0 Å². The number of nitrogen functional groups attached to an aromatic ring is 1. The van der Waals surface area contributed by atoms with Crippen molar-refractivity contribution in [1.82, 2.24) is 9.80 Å². The molecule has 4 nitrogen and oxygen atoms in total. The van der Waals surface area contributed by atoms with Gasteiger partial charge in [0.05, 0.1) is 12.3 Å². The van der Waals surface area contributed by atoms with Gasteiger partial charge < -0.3 is 15.4 Å². The number of ether oxygens (including phenoxy) is 1. The Labute approximate surface area is 122 Å². The van der Waals surface area contributed by atoms with Crippen molar-refractivity contribution in [3.63, 3.8) is 0 Å². The summed E-state index contributed by atoms with van der Waals surface area (Å²) in [6, 6.07) is 8.35. The van der Waals surface area contributed by atoms with Crippen LogP contribution in [-0.4, -0.2) is 55.2 Å². The van der Waals surface area contributed by atoms with Crippen molar-refractivity contribution < 1.29 is 4.74 Å². The Balaban J connectivity index is 1.66. The number of likely N-dealkylation sites (N-methyl/N-ethyl adjacent to an activating group) is 1. The van der Waals surface area contributed by atoms with Crippen molar-refractivity contribution in [2.45, 2.75) is 26.3 Å². The van der Waals surface area contributed by atoms with E-state index < -0.39 is 0 Å². The predicted octanol–water partition coefficient (Wildman–Crippen LogP) is 2.06. The van der Waals surface area contributed by atoms with E-state index in [1.54, 1.807) is 0 Å². The van der Waals surface area contributed by atoms with Crippen LogP contribution in [0.15, 0.2) is 24.3 Å². The Kier molecular flexibility index (Phi) is 5.68. The van der Waals surface area contributed by atoms with E-state index in [9.17, 15) is 0 Å². The van der Waals surface area contributed by atoms with Gasteiger partial charge >= 0.3 is 0 Å². The summed E-state index contributed by atoms with van der Waals surface area (Å²) in [7, 11) is 0. The van der Waals surface area contributed by atoms with Crippen LogP contribution >= 0.6 is 0 Å². The second-order valence-electron chi connectivity index (χ2n) is 5.52. The highest BCUT2D eigenvalue weighted by Gasteiger charge is 2.21. The summed E-state index contributed by atoms with van der Waals surface area (Å²) in [5.41, 5.74) is 6.57. The maximum absolute atomic E-state index is 5.85. The summed E-state index contributed by atoms with van der Waals surface area (Å²) < 4.78 is 5.73. The van der Waals surface area contributed by atoms with Gasteiger partial charge in [0.2, 0.25) is 0 Å². The standard InChI is InChI=1S/C16H27N3O/c1-3-19-11-10-18(13-14(19)2)9-6-12-20-16-8-5-4-7-15(16)17/h4-5,7-8,14H,3,6,9-13,17H2,1-2H3. The van der Waals surface area contributed by atoms with Gasteiger partial charge in [-0.15, -0.1) is 0 Å². The smallest absolute Gasteiger partial charge is 0.142 e. The number of nitrogens with zero attached hydrogens (tertiary/aromatic N) is 2. The Morgan fingerprint density at radius 3 is 2.80 bits per heavy atom. The van der Waals surface area contributed by atoms with E-state index >= 15 is 0 Å². The SMILES string of the molecule is CCN1CCN(CCCOc2ccccc2N)CC1C. The largest absolute Gasteiger partial charge is 0.491 e.